The third kappa shape index (κ3) is 4.80. The second-order valence-corrected chi connectivity index (χ2v) is 5.29. The summed E-state index contributed by atoms with van der Waals surface area (Å²) in [4.78, 5) is 19.9. The molecule has 0 spiro atoms. The van der Waals surface area contributed by atoms with Crippen molar-refractivity contribution in [1.29, 1.82) is 0 Å². The Morgan fingerprint density at radius 1 is 1.29 bits per heavy atom. The summed E-state index contributed by atoms with van der Waals surface area (Å²) >= 11 is 0. The number of carbonyl (C=O) groups is 1. The molecule has 17 heavy (non-hydrogen) atoms. The summed E-state index contributed by atoms with van der Waals surface area (Å²) in [5.74, 6) is 0.473. The first-order valence-electron chi connectivity index (χ1n) is 5.69. The van der Waals surface area contributed by atoms with Crippen LogP contribution in [0.1, 0.15) is 45.1 Å². The number of carbonyl (C=O) groups excluding carboxylic acids is 1. The molecule has 5 heteroatoms. The van der Waals surface area contributed by atoms with Crippen LogP contribution in [-0.4, -0.2) is 27.5 Å². The highest BCUT2D eigenvalue weighted by atomic mass is 16.2. The molecule has 0 radical (unpaired) electrons. The van der Waals surface area contributed by atoms with Crippen molar-refractivity contribution in [3.05, 3.63) is 18.1 Å². The third-order valence-corrected chi connectivity index (χ3v) is 1.82. The first kappa shape index (κ1) is 13.4. The Labute approximate surface area is 102 Å². The van der Waals surface area contributed by atoms with Crippen LogP contribution in [-0.2, 0) is 0 Å². The van der Waals surface area contributed by atoms with Crippen LogP contribution in [0.4, 0.5) is 5.82 Å². The lowest BCUT2D eigenvalue weighted by atomic mass is 10.1. The zero-order chi connectivity index (χ0) is 13.1. The van der Waals surface area contributed by atoms with Gasteiger partial charge in [0.2, 0.25) is 0 Å². The number of nitrogens with zero attached hydrogens (tertiary/aromatic N) is 2. The minimum Gasteiger partial charge on any atom is -0.368 e. The standard InChI is InChI=1S/C12H20N4O/c1-8(2)15-10-6-9(13-7-14-10)11(17)16-12(3,4)5/h6-8H,1-5H3,(H,16,17)(H,13,14,15). The van der Waals surface area contributed by atoms with Gasteiger partial charge in [0.15, 0.2) is 0 Å². The number of hydrogen-bond acceptors (Lipinski definition) is 4. The van der Waals surface area contributed by atoms with E-state index in [1.54, 1.807) is 6.07 Å². The van der Waals surface area contributed by atoms with E-state index >= 15 is 0 Å². The highest BCUT2D eigenvalue weighted by Gasteiger charge is 2.16. The SMILES string of the molecule is CC(C)Nc1cc(C(=O)NC(C)(C)C)ncn1. The molecule has 2 N–H and O–H groups in total. The largest absolute Gasteiger partial charge is 0.368 e. The maximum Gasteiger partial charge on any atom is 0.270 e. The second-order valence-electron chi connectivity index (χ2n) is 5.29. The van der Waals surface area contributed by atoms with Crippen molar-refractivity contribution in [3.8, 4) is 0 Å². The first-order chi connectivity index (χ1) is 7.78. The molecule has 0 saturated carbocycles. The van der Waals surface area contributed by atoms with Crippen molar-refractivity contribution in [2.75, 3.05) is 5.32 Å². The van der Waals surface area contributed by atoms with Crippen molar-refractivity contribution >= 4 is 11.7 Å². The summed E-state index contributed by atoms with van der Waals surface area (Å²) in [6, 6.07) is 1.92. The van der Waals surface area contributed by atoms with Gasteiger partial charge in [-0.1, -0.05) is 0 Å². The molecule has 1 amide bonds. The number of rotatable bonds is 3. The van der Waals surface area contributed by atoms with Gasteiger partial charge in [0.25, 0.3) is 5.91 Å². The quantitative estimate of drug-likeness (QED) is 0.840. The number of hydrogen-bond donors (Lipinski definition) is 2. The zero-order valence-electron chi connectivity index (χ0n) is 11.0. The van der Waals surface area contributed by atoms with Crippen molar-refractivity contribution in [2.45, 2.75) is 46.2 Å². The number of aromatic nitrogens is 2. The molecule has 0 bridgehead atoms. The fraction of sp³-hybridized carbons (Fsp3) is 0.583. The van der Waals surface area contributed by atoms with Crippen LogP contribution in [0.15, 0.2) is 12.4 Å². The molecule has 1 aromatic rings. The van der Waals surface area contributed by atoms with Gasteiger partial charge in [-0.25, -0.2) is 9.97 Å². The molecule has 0 aromatic carbocycles. The number of amides is 1. The van der Waals surface area contributed by atoms with Crippen molar-refractivity contribution < 1.29 is 4.79 Å². The molecule has 1 aromatic heterocycles. The Balaban J connectivity index is 2.81. The molecule has 0 aliphatic carbocycles. The van der Waals surface area contributed by atoms with Crippen molar-refractivity contribution in [3.63, 3.8) is 0 Å². The molecule has 0 saturated heterocycles. The fourth-order valence-corrected chi connectivity index (χ4v) is 1.26. The Kier molecular flexibility index (Phi) is 4.04. The normalized spacial score (nSPS) is 11.4. The lowest BCUT2D eigenvalue weighted by Gasteiger charge is -2.20. The lowest BCUT2D eigenvalue weighted by Crippen LogP contribution is -2.41. The van der Waals surface area contributed by atoms with Crippen LogP contribution >= 0.6 is 0 Å². The summed E-state index contributed by atoms with van der Waals surface area (Å²) in [6.07, 6.45) is 1.39. The lowest BCUT2D eigenvalue weighted by molar-refractivity contribution is 0.0914. The maximum absolute atomic E-state index is 11.9. The minimum absolute atomic E-state index is 0.188. The first-order valence-corrected chi connectivity index (χ1v) is 5.69. The van der Waals surface area contributed by atoms with E-state index in [0.717, 1.165) is 0 Å². The molecule has 0 atom stereocenters. The van der Waals surface area contributed by atoms with Gasteiger partial charge in [0.05, 0.1) is 0 Å². The van der Waals surface area contributed by atoms with Crippen LogP contribution in [0.3, 0.4) is 0 Å². The van der Waals surface area contributed by atoms with Gasteiger partial charge in [-0.15, -0.1) is 0 Å². The van der Waals surface area contributed by atoms with Gasteiger partial charge >= 0.3 is 0 Å². The molecule has 5 nitrogen and oxygen atoms in total. The van der Waals surface area contributed by atoms with E-state index in [9.17, 15) is 4.79 Å². The van der Waals surface area contributed by atoms with Crippen LogP contribution in [0.25, 0.3) is 0 Å². The van der Waals surface area contributed by atoms with E-state index in [0.29, 0.717) is 11.5 Å². The van der Waals surface area contributed by atoms with Crippen molar-refractivity contribution in [2.24, 2.45) is 0 Å². The van der Waals surface area contributed by atoms with Crippen LogP contribution < -0.4 is 10.6 Å². The zero-order valence-corrected chi connectivity index (χ0v) is 11.0. The molecule has 0 aliphatic heterocycles. The smallest absolute Gasteiger partial charge is 0.270 e. The van der Waals surface area contributed by atoms with Crippen LogP contribution in [0.5, 0.6) is 0 Å². The van der Waals surface area contributed by atoms with Gasteiger partial charge in [-0.05, 0) is 34.6 Å². The molecule has 0 fully saturated rings. The monoisotopic (exact) mass is 236 g/mol. The predicted octanol–water partition coefficient (Wildman–Crippen LogP) is 1.83. The molecular formula is C12H20N4O. The summed E-state index contributed by atoms with van der Waals surface area (Å²) in [6.45, 7) is 9.81. The maximum atomic E-state index is 11.9. The average molecular weight is 236 g/mol. The number of anilines is 1. The topological polar surface area (TPSA) is 66.9 Å². The molecule has 1 heterocycles. The van der Waals surface area contributed by atoms with Gasteiger partial charge < -0.3 is 10.6 Å². The van der Waals surface area contributed by atoms with Crippen molar-refractivity contribution in [1.82, 2.24) is 15.3 Å². The Hall–Kier alpha value is -1.65. The van der Waals surface area contributed by atoms with Crippen LogP contribution in [0.2, 0.25) is 0 Å². The molecular weight excluding hydrogens is 216 g/mol. The molecule has 1 rings (SSSR count). The molecule has 0 unspecified atom stereocenters. The second kappa shape index (κ2) is 5.12. The minimum atomic E-state index is -0.270. The van der Waals surface area contributed by atoms with Gasteiger partial charge in [-0.3, -0.25) is 4.79 Å². The van der Waals surface area contributed by atoms with Gasteiger partial charge in [-0.2, -0.15) is 0 Å². The summed E-state index contributed by atoms with van der Waals surface area (Å²) in [7, 11) is 0. The van der Waals surface area contributed by atoms with E-state index in [1.165, 1.54) is 6.33 Å². The highest BCUT2D eigenvalue weighted by molar-refractivity contribution is 5.93. The summed E-state index contributed by atoms with van der Waals surface area (Å²) < 4.78 is 0. The number of nitrogens with one attached hydrogen (secondary N) is 2. The predicted molar refractivity (Wildman–Crippen MR) is 68.0 cm³/mol. The Bertz CT molecular complexity index is 396. The van der Waals surface area contributed by atoms with E-state index in [-0.39, 0.29) is 17.5 Å². The Morgan fingerprint density at radius 2 is 1.94 bits per heavy atom. The average Bonchev–Trinajstić information content (AvgIpc) is 2.14. The summed E-state index contributed by atoms with van der Waals surface area (Å²) in [5.41, 5.74) is 0.103. The third-order valence-electron chi connectivity index (χ3n) is 1.82. The molecule has 94 valence electrons. The van der Waals surface area contributed by atoms with E-state index in [4.69, 9.17) is 0 Å². The van der Waals surface area contributed by atoms with E-state index in [1.807, 2.05) is 34.6 Å². The van der Waals surface area contributed by atoms with E-state index < -0.39 is 0 Å². The highest BCUT2D eigenvalue weighted by Crippen LogP contribution is 2.07. The van der Waals surface area contributed by atoms with Gasteiger partial charge in [0, 0.05) is 17.6 Å². The van der Waals surface area contributed by atoms with Crippen LogP contribution in [0, 0.1) is 0 Å². The Morgan fingerprint density at radius 3 is 2.47 bits per heavy atom. The summed E-state index contributed by atoms with van der Waals surface area (Å²) in [5, 5.41) is 5.99. The van der Waals surface area contributed by atoms with E-state index in [2.05, 4.69) is 20.6 Å². The van der Waals surface area contributed by atoms with Gasteiger partial charge in [0.1, 0.15) is 17.8 Å². The molecule has 0 aliphatic rings. The fourth-order valence-electron chi connectivity index (χ4n) is 1.26.